The third kappa shape index (κ3) is 3.59. The number of carboxylic acids is 1. The molecule has 0 atom stereocenters. The summed E-state index contributed by atoms with van der Waals surface area (Å²) >= 11 is 7.98. The number of thiazole rings is 1. The van der Waals surface area contributed by atoms with E-state index in [1.54, 1.807) is 40.3 Å². The van der Waals surface area contributed by atoms with Gasteiger partial charge in [-0.25, -0.2) is 4.79 Å². The summed E-state index contributed by atoms with van der Waals surface area (Å²) in [6.07, 6.45) is 4.28. The fourth-order valence-electron chi connectivity index (χ4n) is 2.29. The summed E-state index contributed by atoms with van der Waals surface area (Å²) in [6.45, 7) is 0. The maximum Gasteiger partial charge on any atom is 0.343 e. The van der Waals surface area contributed by atoms with E-state index in [9.17, 15) is 4.79 Å². The topological polar surface area (TPSA) is 41.2 Å². The first-order valence-corrected chi connectivity index (χ1v) is 11.5. The summed E-state index contributed by atoms with van der Waals surface area (Å²) in [6, 6.07) is 8.39. The number of para-hydroxylation sites is 1. The predicted octanol–water partition coefficient (Wildman–Crippen LogP) is 5.59. The zero-order valence-electron chi connectivity index (χ0n) is 13.0. The standard InChI is InChI=1S/C17H11NO2S5/c1-18-11-4-2-3-5-12(11)24-14(18)7-6-10-8-21-16(23-10)17-22-9-13(25-17)15(19)20/h2-9H,1H3/p+1/b7-6+,17-16+. The second kappa shape index (κ2) is 7.28. The second-order valence-corrected chi connectivity index (χ2v) is 10.6. The van der Waals surface area contributed by atoms with Crippen molar-refractivity contribution in [2.75, 3.05) is 0 Å². The average Bonchev–Trinajstić information content (AvgIpc) is 3.32. The molecule has 4 rings (SSSR count). The fourth-order valence-corrected chi connectivity index (χ4v) is 7.94. The number of allylic oxidation sites excluding steroid dienone is 1. The zero-order valence-corrected chi connectivity index (χ0v) is 17.0. The number of aryl methyl sites for hydroxylation is 1. The Hall–Kier alpha value is -1.06. The number of aliphatic carboxylic acids is 1. The molecular weight excluding hydrogens is 411 g/mol. The number of thioether (sulfide) groups is 4. The summed E-state index contributed by atoms with van der Waals surface area (Å²) < 4.78 is 5.69. The molecule has 0 radical (unpaired) electrons. The molecular formula is C17H12NO2S5+. The molecule has 1 aromatic heterocycles. The Morgan fingerprint density at radius 1 is 1.08 bits per heavy atom. The Morgan fingerprint density at radius 2 is 1.84 bits per heavy atom. The third-order valence-electron chi connectivity index (χ3n) is 3.51. The SMILES string of the molecule is C[n+]1c(/C=C/C2=CS/C(=C3/SC=C(C(=O)O)S3)S2)sc2ccccc21. The van der Waals surface area contributed by atoms with Gasteiger partial charge in [0.1, 0.15) is 16.7 Å². The van der Waals surface area contributed by atoms with Crippen LogP contribution < -0.4 is 4.57 Å². The van der Waals surface area contributed by atoms with Gasteiger partial charge in [0.05, 0.1) is 8.47 Å². The van der Waals surface area contributed by atoms with Gasteiger partial charge in [-0.3, -0.25) is 0 Å². The van der Waals surface area contributed by atoms with Crippen LogP contribution in [0.15, 0.2) is 59.4 Å². The van der Waals surface area contributed by atoms with E-state index in [4.69, 9.17) is 5.11 Å². The summed E-state index contributed by atoms with van der Waals surface area (Å²) in [4.78, 5) is 12.6. The highest BCUT2D eigenvalue weighted by molar-refractivity contribution is 8.34. The average molecular weight is 423 g/mol. The van der Waals surface area contributed by atoms with Crippen LogP contribution in [0.5, 0.6) is 0 Å². The molecule has 0 spiro atoms. The second-order valence-electron chi connectivity index (χ2n) is 5.12. The summed E-state index contributed by atoms with van der Waals surface area (Å²) in [5.41, 5.74) is 1.24. The molecule has 25 heavy (non-hydrogen) atoms. The van der Waals surface area contributed by atoms with Crippen LogP contribution in [0.2, 0.25) is 0 Å². The number of hydrogen-bond donors (Lipinski definition) is 1. The van der Waals surface area contributed by atoms with Crippen LogP contribution in [0, 0.1) is 0 Å². The van der Waals surface area contributed by atoms with Crippen LogP contribution in [-0.2, 0) is 11.8 Å². The number of aromatic nitrogens is 1. The summed E-state index contributed by atoms with van der Waals surface area (Å²) in [7, 11) is 2.09. The maximum atomic E-state index is 11.0. The van der Waals surface area contributed by atoms with Crippen LogP contribution in [0.3, 0.4) is 0 Å². The molecule has 0 aliphatic carbocycles. The Bertz CT molecular complexity index is 1000. The Kier molecular flexibility index (Phi) is 5.06. The predicted molar refractivity (Wildman–Crippen MR) is 113 cm³/mol. The molecule has 2 aromatic rings. The lowest BCUT2D eigenvalue weighted by Crippen LogP contribution is -2.28. The van der Waals surface area contributed by atoms with Gasteiger partial charge in [0, 0.05) is 17.0 Å². The van der Waals surface area contributed by atoms with E-state index in [1.807, 2.05) is 0 Å². The van der Waals surface area contributed by atoms with E-state index in [0.29, 0.717) is 4.91 Å². The number of carboxylic acid groups (broad SMARTS) is 1. The van der Waals surface area contributed by atoms with Crippen molar-refractivity contribution in [2.24, 2.45) is 7.05 Å². The number of fused-ring (bicyclic) bond motifs is 1. The Balaban J connectivity index is 1.48. The van der Waals surface area contributed by atoms with E-state index in [0.717, 1.165) is 8.47 Å². The number of carbonyl (C=O) groups is 1. The van der Waals surface area contributed by atoms with Gasteiger partial charge < -0.3 is 5.11 Å². The van der Waals surface area contributed by atoms with Gasteiger partial charge in [-0.05, 0) is 23.0 Å². The van der Waals surface area contributed by atoms with Crippen molar-refractivity contribution < 1.29 is 14.5 Å². The van der Waals surface area contributed by atoms with Gasteiger partial charge in [0.2, 0.25) is 5.52 Å². The van der Waals surface area contributed by atoms with Crippen LogP contribution >= 0.6 is 58.4 Å². The first-order chi connectivity index (χ1) is 12.1. The highest BCUT2D eigenvalue weighted by atomic mass is 32.2. The molecule has 0 saturated carbocycles. The van der Waals surface area contributed by atoms with E-state index in [1.165, 1.54) is 43.7 Å². The number of benzene rings is 1. The molecule has 1 N–H and O–H groups in total. The molecule has 1 aromatic carbocycles. The lowest BCUT2D eigenvalue weighted by Gasteiger charge is -2.00. The van der Waals surface area contributed by atoms with Crippen LogP contribution in [0.1, 0.15) is 5.01 Å². The largest absolute Gasteiger partial charge is 0.477 e. The Labute approximate surface area is 166 Å². The molecule has 2 aliphatic heterocycles. The molecule has 8 heteroatoms. The van der Waals surface area contributed by atoms with Crippen molar-refractivity contribution in [2.45, 2.75) is 0 Å². The van der Waals surface area contributed by atoms with Gasteiger partial charge in [0.15, 0.2) is 0 Å². The lowest BCUT2D eigenvalue weighted by atomic mass is 10.3. The molecule has 126 valence electrons. The fraction of sp³-hybridized carbons (Fsp3) is 0.0588. The molecule has 3 nitrogen and oxygen atoms in total. The number of nitrogens with zero attached hydrogens (tertiary/aromatic N) is 1. The minimum absolute atomic E-state index is 0.398. The van der Waals surface area contributed by atoms with Crippen molar-refractivity contribution in [1.82, 2.24) is 0 Å². The summed E-state index contributed by atoms with van der Waals surface area (Å²) in [5.74, 6) is -0.855. The maximum absolute atomic E-state index is 11.0. The van der Waals surface area contributed by atoms with Crippen molar-refractivity contribution in [1.29, 1.82) is 0 Å². The number of hydrogen-bond acceptors (Lipinski definition) is 6. The van der Waals surface area contributed by atoms with E-state index in [-0.39, 0.29) is 0 Å². The molecule has 0 amide bonds. The lowest BCUT2D eigenvalue weighted by molar-refractivity contribution is -0.642. The van der Waals surface area contributed by atoms with Gasteiger partial charge in [0.25, 0.3) is 5.01 Å². The van der Waals surface area contributed by atoms with Crippen molar-refractivity contribution >= 4 is 80.6 Å². The van der Waals surface area contributed by atoms with Crippen molar-refractivity contribution in [3.63, 3.8) is 0 Å². The normalized spacial score (nSPS) is 20.5. The number of rotatable bonds is 3. The smallest absolute Gasteiger partial charge is 0.343 e. The first-order valence-electron chi connectivity index (χ1n) is 7.24. The molecule has 0 fully saturated rings. The molecule has 0 bridgehead atoms. The van der Waals surface area contributed by atoms with Crippen LogP contribution in [-0.4, -0.2) is 11.1 Å². The van der Waals surface area contributed by atoms with E-state index in [2.05, 4.69) is 53.4 Å². The minimum atomic E-state index is -0.855. The van der Waals surface area contributed by atoms with E-state index < -0.39 is 5.97 Å². The zero-order chi connectivity index (χ0) is 17.4. The van der Waals surface area contributed by atoms with Gasteiger partial charge in [-0.15, -0.1) is 0 Å². The van der Waals surface area contributed by atoms with Crippen molar-refractivity contribution in [3.8, 4) is 0 Å². The van der Waals surface area contributed by atoms with Crippen LogP contribution in [0.4, 0.5) is 0 Å². The summed E-state index contributed by atoms with van der Waals surface area (Å²) in [5, 5.41) is 14.1. The highest BCUT2D eigenvalue weighted by Crippen LogP contribution is 2.55. The van der Waals surface area contributed by atoms with E-state index >= 15 is 0 Å². The van der Waals surface area contributed by atoms with Gasteiger partial charge in [-0.2, -0.15) is 4.57 Å². The monoisotopic (exact) mass is 422 g/mol. The first kappa shape index (κ1) is 17.4. The molecule has 0 saturated heterocycles. The third-order valence-corrected chi connectivity index (χ3v) is 9.93. The van der Waals surface area contributed by atoms with Crippen molar-refractivity contribution in [3.05, 3.63) is 64.4 Å². The highest BCUT2D eigenvalue weighted by Gasteiger charge is 2.24. The Morgan fingerprint density at radius 3 is 2.60 bits per heavy atom. The van der Waals surface area contributed by atoms with Gasteiger partial charge in [-0.1, -0.05) is 70.5 Å². The minimum Gasteiger partial charge on any atom is -0.477 e. The van der Waals surface area contributed by atoms with Crippen LogP contribution in [0.25, 0.3) is 16.3 Å². The molecule has 3 heterocycles. The molecule has 2 aliphatic rings. The quantitative estimate of drug-likeness (QED) is 0.650. The van der Waals surface area contributed by atoms with Gasteiger partial charge >= 0.3 is 5.97 Å². The molecule has 0 unspecified atom stereocenters.